The van der Waals surface area contributed by atoms with Crippen molar-refractivity contribution in [3.8, 4) is 0 Å². The number of H-pyrrole nitrogens is 1. The van der Waals surface area contributed by atoms with Gasteiger partial charge in [0.25, 0.3) is 0 Å². The van der Waals surface area contributed by atoms with E-state index < -0.39 is 0 Å². The van der Waals surface area contributed by atoms with Gasteiger partial charge in [0, 0.05) is 11.3 Å². The van der Waals surface area contributed by atoms with Crippen molar-refractivity contribution < 1.29 is 4.79 Å². The van der Waals surface area contributed by atoms with Crippen LogP contribution in [0.15, 0.2) is 36.4 Å². The Hall–Kier alpha value is -2.10. The molecule has 2 bridgehead atoms. The number of anilines is 1. The van der Waals surface area contributed by atoms with E-state index in [1.807, 2.05) is 24.3 Å². The third-order valence-electron chi connectivity index (χ3n) is 4.33. The number of aromatic nitrogens is 2. The number of nitrogens with one attached hydrogen (secondary N) is 2. The molecule has 1 aromatic heterocycles. The molecule has 3 atom stereocenters. The van der Waals surface area contributed by atoms with E-state index in [9.17, 15) is 4.79 Å². The third kappa shape index (κ3) is 1.67. The first kappa shape index (κ1) is 10.8. The van der Waals surface area contributed by atoms with Crippen LogP contribution in [0.3, 0.4) is 0 Å². The average molecular weight is 253 g/mol. The number of hydrogen-bond acceptors (Lipinski definition) is 2. The minimum Gasteiger partial charge on any atom is -0.308 e. The lowest BCUT2D eigenvalue weighted by molar-refractivity contribution is -0.120. The van der Waals surface area contributed by atoms with Crippen molar-refractivity contribution in [1.82, 2.24) is 10.2 Å². The number of hydrogen-bond donors (Lipinski definition) is 2. The van der Waals surface area contributed by atoms with E-state index in [1.54, 1.807) is 0 Å². The molecule has 2 aliphatic carbocycles. The summed E-state index contributed by atoms with van der Waals surface area (Å²) in [7, 11) is 0. The predicted octanol–water partition coefficient (Wildman–Crippen LogP) is 2.71. The molecule has 0 saturated heterocycles. The Labute approximate surface area is 110 Å². The molecule has 2 aliphatic rings. The van der Waals surface area contributed by atoms with Gasteiger partial charge in [0.05, 0.1) is 5.52 Å². The predicted molar refractivity (Wildman–Crippen MR) is 73.6 cm³/mol. The second kappa shape index (κ2) is 3.95. The second-order valence-corrected chi connectivity index (χ2v) is 5.49. The summed E-state index contributed by atoms with van der Waals surface area (Å²) in [5, 5.41) is 11.1. The highest BCUT2D eigenvalue weighted by Gasteiger charge is 2.39. The van der Waals surface area contributed by atoms with Crippen LogP contribution in [0, 0.1) is 17.8 Å². The summed E-state index contributed by atoms with van der Waals surface area (Å²) in [6, 6.07) is 7.83. The van der Waals surface area contributed by atoms with Gasteiger partial charge in [-0.25, -0.2) is 0 Å². The number of allylic oxidation sites excluding steroid dienone is 2. The van der Waals surface area contributed by atoms with E-state index in [-0.39, 0.29) is 11.8 Å². The van der Waals surface area contributed by atoms with Crippen molar-refractivity contribution in [3.63, 3.8) is 0 Å². The number of para-hydroxylation sites is 1. The molecule has 1 aromatic carbocycles. The van der Waals surface area contributed by atoms with Gasteiger partial charge in [-0.2, -0.15) is 5.10 Å². The molecule has 0 radical (unpaired) electrons. The number of benzene rings is 1. The highest BCUT2D eigenvalue weighted by atomic mass is 16.2. The van der Waals surface area contributed by atoms with Gasteiger partial charge in [-0.15, -0.1) is 0 Å². The summed E-state index contributed by atoms with van der Waals surface area (Å²) >= 11 is 0. The number of nitrogens with zero attached hydrogens (tertiary/aromatic N) is 1. The van der Waals surface area contributed by atoms with Crippen LogP contribution in [0.1, 0.15) is 12.8 Å². The summed E-state index contributed by atoms with van der Waals surface area (Å²) in [6.45, 7) is 0. The Morgan fingerprint density at radius 1 is 1.26 bits per heavy atom. The van der Waals surface area contributed by atoms with E-state index in [1.165, 1.54) is 0 Å². The Kier molecular flexibility index (Phi) is 2.24. The summed E-state index contributed by atoms with van der Waals surface area (Å²) in [5.41, 5.74) is 0.950. The number of rotatable bonds is 2. The van der Waals surface area contributed by atoms with Crippen LogP contribution in [0.4, 0.5) is 5.82 Å². The monoisotopic (exact) mass is 253 g/mol. The molecule has 2 aromatic rings. The fraction of sp³-hybridized carbons (Fsp3) is 0.333. The zero-order valence-electron chi connectivity index (χ0n) is 10.5. The lowest BCUT2D eigenvalue weighted by atomic mass is 9.93. The molecule has 4 rings (SSSR count). The van der Waals surface area contributed by atoms with Crippen LogP contribution in [-0.4, -0.2) is 16.1 Å². The maximum atomic E-state index is 12.3. The van der Waals surface area contributed by atoms with Crippen LogP contribution in [0.25, 0.3) is 10.9 Å². The van der Waals surface area contributed by atoms with Crippen molar-refractivity contribution in [2.24, 2.45) is 17.8 Å². The third-order valence-corrected chi connectivity index (χ3v) is 4.33. The zero-order chi connectivity index (χ0) is 12.8. The van der Waals surface area contributed by atoms with Crippen molar-refractivity contribution in [3.05, 3.63) is 36.4 Å². The lowest BCUT2D eigenvalue weighted by Crippen LogP contribution is -2.26. The standard InChI is InChI=1S/C15H15N3O/c19-15(12-8-9-5-6-10(12)7-9)16-14-11-3-1-2-4-13(11)17-18-14/h1-6,9-10,12H,7-8H2,(H2,16,17,18,19). The Bertz CT molecular complexity index is 673. The normalized spacial score (nSPS) is 28.1. The summed E-state index contributed by atoms with van der Waals surface area (Å²) < 4.78 is 0. The quantitative estimate of drug-likeness (QED) is 0.808. The average Bonchev–Trinajstić information content (AvgIpc) is 3.14. The van der Waals surface area contributed by atoms with Gasteiger partial charge in [-0.1, -0.05) is 24.3 Å². The molecule has 0 spiro atoms. The molecule has 1 heterocycles. The van der Waals surface area contributed by atoms with Crippen molar-refractivity contribution in [1.29, 1.82) is 0 Å². The Morgan fingerprint density at radius 3 is 2.95 bits per heavy atom. The van der Waals surface area contributed by atoms with E-state index in [0.717, 1.165) is 23.7 Å². The highest BCUT2D eigenvalue weighted by Crippen LogP contribution is 2.43. The Balaban J connectivity index is 1.58. The van der Waals surface area contributed by atoms with E-state index in [4.69, 9.17) is 0 Å². The fourth-order valence-electron chi connectivity index (χ4n) is 3.35. The molecule has 4 heteroatoms. The molecular weight excluding hydrogens is 238 g/mol. The van der Waals surface area contributed by atoms with E-state index in [0.29, 0.717) is 17.7 Å². The van der Waals surface area contributed by atoms with Crippen molar-refractivity contribution in [2.75, 3.05) is 5.32 Å². The van der Waals surface area contributed by atoms with Crippen LogP contribution >= 0.6 is 0 Å². The minimum absolute atomic E-state index is 0.106. The Morgan fingerprint density at radius 2 is 2.16 bits per heavy atom. The largest absolute Gasteiger partial charge is 0.308 e. The molecule has 96 valence electrons. The molecule has 1 amide bonds. The molecular formula is C15H15N3O. The zero-order valence-corrected chi connectivity index (χ0v) is 10.5. The first-order valence-corrected chi connectivity index (χ1v) is 6.73. The summed E-state index contributed by atoms with van der Waals surface area (Å²) in [6.07, 6.45) is 6.56. The van der Waals surface area contributed by atoms with Gasteiger partial charge >= 0.3 is 0 Å². The second-order valence-electron chi connectivity index (χ2n) is 5.49. The molecule has 1 fully saturated rings. The van der Waals surface area contributed by atoms with E-state index >= 15 is 0 Å². The van der Waals surface area contributed by atoms with Crippen molar-refractivity contribution >= 4 is 22.6 Å². The van der Waals surface area contributed by atoms with Gasteiger partial charge in [0.15, 0.2) is 5.82 Å². The first-order chi connectivity index (χ1) is 9.31. The van der Waals surface area contributed by atoms with Crippen LogP contribution in [-0.2, 0) is 4.79 Å². The molecule has 1 saturated carbocycles. The first-order valence-electron chi connectivity index (χ1n) is 6.73. The molecule has 19 heavy (non-hydrogen) atoms. The molecule has 2 N–H and O–H groups in total. The lowest BCUT2D eigenvalue weighted by Gasteiger charge is -2.16. The van der Waals surface area contributed by atoms with Crippen LogP contribution in [0.2, 0.25) is 0 Å². The van der Waals surface area contributed by atoms with Crippen LogP contribution in [0.5, 0.6) is 0 Å². The maximum absolute atomic E-state index is 12.3. The highest BCUT2D eigenvalue weighted by molar-refractivity contribution is 6.00. The van der Waals surface area contributed by atoms with Gasteiger partial charge in [-0.05, 0) is 36.8 Å². The minimum atomic E-state index is 0.106. The summed E-state index contributed by atoms with van der Waals surface area (Å²) in [4.78, 5) is 12.3. The fourth-order valence-corrected chi connectivity index (χ4v) is 3.35. The van der Waals surface area contributed by atoms with Crippen molar-refractivity contribution in [2.45, 2.75) is 12.8 Å². The number of carbonyl (C=O) groups is 1. The number of amides is 1. The van der Waals surface area contributed by atoms with Gasteiger partial charge < -0.3 is 5.32 Å². The summed E-state index contributed by atoms with van der Waals surface area (Å²) in [5.74, 6) is 1.90. The molecule has 0 aliphatic heterocycles. The van der Waals surface area contributed by atoms with Gasteiger partial charge in [0.2, 0.25) is 5.91 Å². The topological polar surface area (TPSA) is 57.8 Å². The number of fused-ring (bicyclic) bond motifs is 3. The van der Waals surface area contributed by atoms with E-state index in [2.05, 4.69) is 27.7 Å². The van der Waals surface area contributed by atoms with Gasteiger partial charge in [-0.3, -0.25) is 9.89 Å². The molecule has 4 nitrogen and oxygen atoms in total. The smallest absolute Gasteiger partial charge is 0.229 e. The number of carbonyl (C=O) groups excluding carboxylic acids is 1. The van der Waals surface area contributed by atoms with Gasteiger partial charge in [0.1, 0.15) is 0 Å². The molecule has 3 unspecified atom stereocenters. The number of aromatic amines is 1. The SMILES string of the molecule is O=C(Nc1n[nH]c2ccccc12)C1CC2C=CC1C2. The van der Waals surface area contributed by atoms with Crippen LogP contribution < -0.4 is 5.32 Å². The maximum Gasteiger partial charge on any atom is 0.229 e.